The predicted molar refractivity (Wildman–Crippen MR) is 277 cm³/mol. The van der Waals surface area contributed by atoms with Crippen LogP contribution in [0.5, 0.6) is 0 Å². The molecule has 1 aromatic rings. The lowest BCUT2D eigenvalue weighted by atomic mass is 9.87. The maximum Gasteiger partial charge on any atom is 0.160 e. The largest absolute Gasteiger partial charge is 0.213 e. The summed E-state index contributed by atoms with van der Waals surface area (Å²) in [4.78, 5) is 17.1. The van der Waals surface area contributed by atoms with Crippen LogP contribution in [0.25, 0.3) is 11.1 Å². The second-order valence-corrected chi connectivity index (χ2v) is 30.2. The van der Waals surface area contributed by atoms with Crippen molar-refractivity contribution in [1.82, 2.24) is 15.0 Å². The monoisotopic (exact) mass is 880 g/mol. The highest BCUT2D eigenvalue weighted by Crippen LogP contribution is 2.63. The lowest BCUT2D eigenvalue weighted by Crippen LogP contribution is -2.54. The normalized spacial score (nSPS) is 30.5. The first kappa shape index (κ1) is 43.7. The Morgan fingerprint density at radius 1 is 0.625 bits per heavy atom. The van der Waals surface area contributed by atoms with E-state index >= 15 is 0 Å². The summed E-state index contributed by atoms with van der Waals surface area (Å²) in [5.74, 6) is 3.55. The summed E-state index contributed by atoms with van der Waals surface area (Å²) >= 11 is 0. The van der Waals surface area contributed by atoms with Crippen LogP contribution in [0.2, 0.25) is 21.7 Å². The van der Waals surface area contributed by atoms with Gasteiger partial charge in [-0.05, 0) is 168 Å². The fraction of sp³-hybridized carbons (Fsp3) is 0.475. The van der Waals surface area contributed by atoms with Crippen LogP contribution in [-0.2, 0) is 0 Å². The van der Waals surface area contributed by atoms with E-state index in [-0.39, 0.29) is 11.0 Å². The average Bonchev–Trinajstić information content (AvgIpc) is 3.89. The molecule has 0 N–H and O–H groups in total. The Labute approximate surface area is 388 Å². The summed E-state index contributed by atoms with van der Waals surface area (Å²) in [6.45, 7) is 7.29. The van der Waals surface area contributed by atoms with Crippen LogP contribution in [0, 0.1) is 5.92 Å². The Balaban J connectivity index is 1.08. The van der Waals surface area contributed by atoms with Crippen LogP contribution in [0.4, 0.5) is 0 Å². The van der Waals surface area contributed by atoms with Crippen LogP contribution >= 0.6 is 0 Å². The summed E-state index contributed by atoms with van der Waals surface area (Å²) in [5.41, 5.74) is 5.85. The Kier molecular flexibility index (Phi) is 12.9. The van der Waals surface area contributed by atoms with E-state index in [0.29, 0.717) is 22.5 Å². The van der Waals surface area contributed by atoms with E-state index in [1.54, 1.807) is 10.4 Å². The van der Waals surface area contributed by atoms with Gasteiger partial charge >= 0.3 is 0 Å². The fourth-order valence-electron chi connectivity index (χ4n) is 14.4. The summed E-state index contributed by atoms with van der Waals surface area (Å²) in [5, 5.41) is 6.87. The van der Waals surface area contributed by atoms with Gasteiger partial charge in [0.25, 0.3) is 0 Å². The van der Waals surface area contributed by atoms with Crippen molar-refractivity contribution >= 4 is 27.3 Å². The topological polar surface area (TPSA) is 38.7 Å². The second kappa shape index (κ2) is 19.0. The molecule has 0 saturated heterocycles. The first-order valence-electron chi connectivity index (χ1n) is 25.7. The Bertz CT molecular complexity index is 2350. The molecule has 0 bridgehead atoms. The molecule has 5 heteroatoms. The molecular weight excluding hydrogens is 807 g/mol. The van der Waals surface area contributed by atoms with Crippen molar-refractivity contribution < 1.29 is 0 Å². The minimum Gasteiger partial charge on any atom is -0.213 e. The van der Waals surface area contributed by atoms with Crippen LogP contribution in [0.3, 0.4) is 0 Å². The fourth-order valence-corrected chi connectivity index (χ4v) is 28.5. The van der Waals surface area contributed by atoms with E-state index in [4.69, 9.17) is 15.0 Å². The van der Waals surface area contributed by atoms with Crippen LogP contribution in [-0.4, -0.2) is 31.1 Å². The third-order valence-electron chi connectivity index (χ3n) is 17.2. The number of hydrogen-bond acceptors (Lipinski definition) is 3. The van der Waals surface area contributed by atoms with E-state index < -0.39 is 16.1 Å². The molecule has 0 fully saturated rings. The highest BCUT2D eigenvalue weighted by molar-refractivity contribution is 6.98. The lowest BCUT2D eigenvalue weighted by Gasteiger charge is -2.53. The predicted octanol–water partition coefficient (Wildman–Crippen LogP) is 16.4. The standard InChI is InChI=1S/C59H73N3Si2/c1-44-24-21-25-45(2)55(44)58-61-56(46-26-22-40-54(42-46)63(48-28-9-4-10-29-48,49-30-11-5-12-31-49)50-32-13-6-14-33-50)60-57(62-58)47-27-23-41-59(3,43-47)64(53-38-19-20-39-53,51-34-15-7-16-35-51)52-36-17-8-18-37-52/h4,9,11,13,15,17,19-21,23-24,27-28,30,32,34-37,40-41,45-46,49-50,53H,5-8,10,12,14,16,18,22,25-26,29,31,33,38-39,42-43H2,1-3H3. The van der Waals surface area contributed by atoms with Crippen molar-refractivity contribution in [2.45, 2.75) is 170 Å². The Morgan fingerprint density at radius 2 is 1.34 bits per heavy atom. The maximum atomic E-state index is 5.77. The Hall–Kier alpha value is -4.20. The van der Waals surface area contributed by atoms with E-state index in [1.165, 1.54) is 80.9 Å². The van der Waals surface area contributed by atoms with Gasteiger partial charge in [-0.1, -0.05) is 162 Å². The van der Waals surface area contributed by atoms with E-state index in [2.05, 4.69) is 148 Å². The Morgan fingerprint density at radius 3 is 1.97 bits per heavy atom. The zero-order valence-corrected chi connectivity index (χ0v) is 41.3. The highest BCUT2D eigenvalue weighted by atomic mass is 28.3. The molecule has 1 heterocycles. The number of allylic oxidation sites excluding steroid dienone is 28. The van der Waals surface area contributed by atoms with E-state index in [1.807, 2.05) is 10.4 Å². The molecule has 9 aliphatic carbocycles. The van der Waals surface area contributed by atoms with Gasteiger partial charge in [0.05, 0.1) is 0 Å². The van der Waals surface area contributed by atoms with Crippen molar-refractivity contribution in [3.63, 3.8) is 0 Å². The van der Waals surface area contributed by atoms with Crippen molar-refractivity contribution in [2.75, 3.05) is 0 Å². The van der Waals surface area contributed by atoms with E-state index in [9.17, 15) is 0 Å². The first-order chi connectivity index (χ1) is 31.4. The van der Waals surface area contributed by atoms with Gasteiger partial charge in [0, 0.05) is 11.5 Å². The quantitative estimate of drug-likeness (QED) is 0.164. The van der Waals surface area contributed by atoms with Crippen LogP contribution in [0.1, 0.15) is 166 Å². The molecule has 1 aromatic heterocycles. The molecule has 0 amide bonds. The second-order valence-electron chi connectivity index (χ2n) is 21.0. The molecule has 9 aliphatic rings. The smallest absolute Gasteiger partial charge is 0.160 e. The summed E-state index contributed by atoms with van der Waals surface area (Å²) in [7, 11) is -4.61. The summed E-state index contributed by atoms with van der Waals surface area (Å²) in [6, 6.07) is 0. The molecule has 64 heavy (non-hydrogen) atoms. The summed E-state index contributed by atoms with van der Waals surface area (Å²) in [6.07, 6.45) is 75.5. The third kappa shape index (κ3) is 7.88. The number of hydrogen-bond donors (Lipinski definition) is 0. The molecular formula is C59H73N3Si2. The highest BCUT2D eigenvalue weighted by Gasteiger charge is 2.58. The molecule has 5 atom stereocenters. The molecule has 0 aromatic carbocycles. The molecule has 5 unspecified atom stereocenters. The van der Waals surface area contributed by atoms with Gasteiger partial charge in [-0.3, -0.25) is 0 Å². The molecule has 0 radical (unpaired) electrons. The van der Waals surface area contributed by atoms with Crippen molar-refractivity contribution in [1.29, 1.82) is 0 Å². The lowest BCUT2D eigenvalue weighted by molar-refractivity contribution is 0.560. The SMILES string of the molecule is CC1=C(c2nc(C3=CC=CC(C)([Si](C4=CCCC=C4)(C4=CCCC=C4)C4CC=CC4)C3)nc(C3CCC=C([Si](C4=CC=CCC4)(C4C=CCCC4)C4C=CCCC4)C3)n2)C(C)CC=C1. The van der Waals surface area contributed by atoms with Crippen molar-refractivity contribution in [3.8, 4) is 0 Å². The maximum absolute atomic E-state index is 5.77. The average molecular weight is 880 g/mol. The molecule has 332 valence electrons. The van der Waals surface area contributed by atoms with Crippen LogP contribution in [0.15, 0.2) is 154 Å². The first-order valence-corrected chi connectivity index (χ1v) is 30.0. The minimum absolute atomic E-state index is 0.0487. The molecule has 3 nitrogen and oxygen atoms in total. The summed E-state index contributed by atoms with van der Waals surface area (Å²) < 4.78 is 0. The van der Waals surface area contributed by atoms with Gasteiger partial charge < -0.3 is 0 Å². The van der Waals surface area contributed by atoms with Crippen LogP contribution < -0.4 is 0 Å². The number of rotatable bonds is 11. The van der Waals surface area contributed by atoms with Crippen molar-refractivity contribution in [2.24, 2.45) is 5.92 Å². The minimum atomic E-state index is -2.41. The number of aromatic nitrogens is 3. The molecule has 0 aliphatic heterocycles. The van der Waals surface area contributed by atoms with Gasteiger partial charge in [-0.15, -0.1) is 0 Å². The third-order valence-corrected chi connectivity index (χ3v) is 29.8. The van der Waals surface area contributed by atoms with E-state index in [0.717, 1.165) is 75.3 Å². The molecule has 0 spiro atoms. The zero-order chi connectivity index (χ0) is 43.6. The van der Waals surface area contributed by atoms with Crippen molar-refractivity contribution in [3.05, 3.63) is 171 Å². The zero-order valence-electron chi connectivity index (χ0n) is 39.3. The van der Waals surface area contributed by atoms with Gasteiger partial charge in [-0.25, -0.2) is 15.0 Å². The molecule has 0 saturated carbocycles. The van der Waals surface area contributed by atoms with Gasteiger partial charge in [0.15, 0.2) is 11.6 Å². The van der Waals surface area contributed by atoms with Gasteiger partial charge in [-0.2, -0.15) is 0 Å². The number of nitrogens with zero attached hydrogens (tertiary/aromatic N) is 3. The van der Waals surface area contributed by atoms with Gasteiger partial charge in [0.1, 0.15) is 22.0 Å². The molecule has 10 rings (SSSR count). The van der Waals surface area contributed by atoms with Gasteiger partial charge in [0.2, 0.25) is 0 Å².